The number of carbonyl (C=O) groups is 1. The Balaban J connectivity index is 2.29. The molecule has 0 spiro atoms. The van der Waals surface area contributed by atoms with Crippen molar-refractivity contribution in [3.05, 3.63) is 35.0 Å². The average Bonchev–Trinajstić information content (AvgIpc) is 2.83. The van der Waals surface area contributed by atoms with Crippen LogP contribution in [0.15, 0.2) is 29.3 Å². The predicted molar refractivity (Wildman–Crippen MR) is 67.4 cm³/mol. The van der Waals surface area contributed by atoms with E-state index in [0.717, 1.165) is 5.52 Å². The quantitative estimate of drug-likeness (QED) is 0.785. The molecule has 0 unspecified atom stereocenters. The maximum absolute atomic E-state index is 12.0. The van der Waals surface area contributed by atoms with Gasteiger partial charge in [0.15, 0.2) is 0 Å². The van der Waals surface area contributed by atoms with Gasteiger partial charge in [0.05, 0.1) is 11.7 Å². The van der Waals surface area contributed by atoms with E-state index in [-0.39, 0.29) is 18.1 Å². The molecule has 1 amide bonds. The molecule has 0 radical (unpaired) electrons. The summed E-state index contributed by atoms with van der Waals surface area (Å²) in [6, 6.07) is 3.57. The molecule has 2 heterocycles. The van der Waals surface area contributed by atoms with Gasteiger partial charge in [-0.25, -0.2) is 9.48 Å². The fraction of sp³-hybridized carbons (Fsp3) is 0.417. The topological polar surface area (TPSA) is 59.6 Å². The molecule has 0 aliphatic carbocycles. The first kappa shape index (κ1) is 12.3. The Morgan fingerprint density at radius 2 is 2.11 bits per heavy atom. The van der Waals surface area contributed by atoms with Crippen molar-refractivity contribution >= 4 is 11.4 Å². The molecule has 0 N–H and O–H groups in total. The Morgan fingerprint density at radius 1 is 1.39 bits per heavy atom. The third-order valence-electron chi connectivity index (χ3n) is 2.94. The maximum atomic E-state index is 12.0. The van der Waals surface area contributed by atoms with E-state index < -0.39 is 0 Å². The van der Waals surface area contributed by atoms with Gasteiger partial charge in [-0.3, -0.25) is 9.20 Å². The summed E-state index contributed by atoms with van der Waals surface area (Å²) in [5.41, 5.74) is 0.435. The molecule has 96 valence electrons. The standard InChI is InChI=1S/C12H16N4O2/c1-3-14(4-2)11(17)9-16-12(18)15-7-5-6-10(15)8-13-16/h5-8H,3-4,9H2,1-2H3. The third kappa shape index (κ3) is 2.13. The Hall–Kier alpha value is -2.11. The lowest BCUT2D eigenvalue weighted by Gasteiger charge is -2.18. The average molecular weight is 248 g/mol. The monoisotopic (exact) mass is 248 g/mol. The van der Waals surface area contributed by atoms with Crippen LogP contribution in [-0.4, -0.2) is 38.1 Å². The van der Waals surface area contributed by atoms with Crippen molar-refractivity contribution in [1.82, 2.24) is 19.1 Å². The van der Waals surface area contributed by atoms with E-state index in [1.165, 1.54) is 9.08 Å². The van der Waals surface area contributed by atoms with Crippen LogP contribution in [0.3, 0.4) is 0 Å². The number of amides is 1. The van der Waals surface area contributed by atoms with Crippen LogP contribution in [-0.2, 0) is 11.3 Å². The van der Waals surface area contributed by atoms with Gasteiger partial charge in [0, 0.05) is 19.3 Å². The lowest BCUT2D eigenvalue weighted by molar-refractivity contribution is -0.131. The number of rotatable bonds is 4. The van der Waals surface area contributed by atoms with E-state index in [1.54, 1.807) is 29.4 Å². The molecular formula is C12H16N4O2. The van der Waals surface area contributed by atoms with E-state index in [1.807, 2.05) is 13.8 Å². The second kappa shape index (κ2) is 5.03. The molecule has 0 saturated heterocycles. The lowest BCUT2D eigenvalue weighted by Crippen LogP contribution is -2.38. The minimum Gasteiger partial charge on any atom is -0.342 e. The fourth-order valence-corrected chi connectivity index (χ4v) is 1.89. The largest absolute Gasteiger partial charge is 0.349 e. The SMILES string of the molecule is CCN(CC)C(=O)Cn1ncc2cccn2c1=O. The van der Waals surface area contributed by atoms with Crippen LogP contribution in [0.5, 0.6) is 0 Å². The van der Waals surface area contributed by atoms with Crippen molar-refractivity contribution < 1.29 is 4.79 Å². The van der Waals surface area contributed by atoms with Crippen LogP contribution < -0.4 is 5.69 Å². The zero-order valence-electron chi connectivity index (χ0n) is 10.5. The van der Waals surface area contributed by atoms with Crippen molar-refractivity contribution in [2.45, 2.75) is 20.4 Å². The summed E-state index contributed by atoms with van der Waals surface area (Å²) in [6.45, 7) is 5.07. The Kier molecular flexibility index (Phi) is 3.45. The first-order valence-corrected chi connectivity index (χ1v) is 5.98. The van der Waals surface area contributed by atoms with Crippen molar-refractivity contribution in [3.8, 4) is 0 Å². The molecule has 0 aromatic carbocycles. The molecule has 0 aliphatic heterocycles. The molecule has 2 aromatic heterocycles. The van der Waals surface area contributed by atoms with E-state index in [2.05, 4.69) is 5.10 Å². The zero-order chi connectivity index (χ0) is 13.1. The number of hydrogen-bond acceptors (Lipinski definition) is 3. The summed E-state index contributed by atoms with van der Waals surface area (Å²) < 4.78 is 2.66. The normalized spacial score (nSPS) is 10.8. The number of fused-ring (bicyclic) bond motifs is 1. The number of aromatic nitrogens is 3. The molecule has 0 fully saturated rings. The predicted octanol–water partition coefficient (Wildman–Crippen LogP) is 0.364. The molecule has 0 saturated carbocycles. The molecule has 6 heteroatoms. The van der Waals surface area contributed by atoms with Crippen molar-refractivity contribution in [2.24, 2.45) is 0 Å². The van der Waals surface area contributed by atoms with Gasteiger partial charge in [-0.1, -0.05) is 0 Å². The van der Waals surface area contributed by atoms with Crippen LogP contribution in [0.2, 0.25) is 0 Å². The van der Waals surface area contributed by atoms with Crippen LogP contribution in [0, 0.1) is 0 Å². The summed E-state index contributed by atoms with van der Waals surface area (Å²) in [7, 11) is 0. The van der Waals surface area contributed by atoms with Gasteiger partial charge in [-0.05, 0) is 26.0 Å². The van der Waals surface area contributed by atoms with Gasteiger partial charge in [0.1, 0.15) is 6.54 Å². The molecule has 2 rings (SSSR count). The Bertz CT molecular complexity index is 610. The van der Waals surface area contributed by atoms with Gasteiger partial charge in [0.2, 0.25) is 5.91 Å². The molecule has 2 aromatic rings. The maximum Gasteiger partial charge on any atom is 0.349 e. The number of hydrogen-bond donors (Lipinski definition) is 0. The summed E-state index contributed by atoms with van der Waals surface area (Å²) in [6.07, 6.45) is 3.24. The molecular weight excluding hydrogens is 232 g/mol. The number of nitrogens with zero attached hydrogens (tertiary/aromatic N) is 4. The summed E-state index contributed by atoms with van der Waals surface area (Å²) >= 11 is 0. The summed E-state index contributed by atoms with van der Waals surface area (Å²) in [5, 5.41) is 4.01. The van der Waals surface area contributed by atoms with Gasteiger partial charge in [-0.15, -0.1) is 0 Å². The van der Waals surface area contributed by atoms with Crippen molar-refractivity contribution in [2.75, 3.05) is 13.1 Å². The van der Waals surface area contributed by atoms with Crippen LogP contribution >= 0.6 is 0 Å². The van der Waals surface area contributed by atoms with Gasteiger partial charge in [-0.2, -0.15) is 5.10 Å². The van der Waals surface area contributed by atoms with Crippen LogP contribution in [0.25, 0.3) is 5.52 Å². The molecule has 0 atom stereocenters. The number of likely N-dealkylation sites (N-methyl/N-ethyl adjacent to an activating group) is 1. The minimum atomic E-state index is -0.294. The molecule has 18 heavy (non-hydrogen) atoms. The lowest BCUT2D eigenvalue weighted by atomic mass is 10.4. The van der Waals surface area contributed by atoms with Crippen LogP contribution in [0.4, 0.5) is 0 Å². The molecule has 0 aliphatic rings. The van der Waals surface area contributed by atoms with Crippen molar-refractivity contribution in [1.29, 1.82) is 0 Å². The van der Waals surface area contributed by atoms with E-state index in [0.29, 0.717) is 13.1 Å². The minimum absolute atomic E-state index is 0.0192. The van der Waals surface area contributed by atoms with Gasteiger partial charge < -0.3 is 4.90 Å². The Labute approximate surface area is 104 Å². The molecule has 6 nitrogen and oxygen atoms in total. The van der Waals surface area contributed by atoms with Crippen molar-refractivity contribution in [3.63, 3.8) is 0 Å². The highest BCUT2D eigenvalue weighted by Crippen LogP contribution is 1.98. The van der Waals surface area contributed by atoms with E-state index in [9.17, 15) is 9.59 Å². The highest BCUT2D eigenvalue weighted by atomic mass is 16.2. The summed E-state index contributed by atoms with van der Waals surface area (Å²) in [5.74, 6) is -0.0962. The first-order chi connectivity index (χ1) is 8.67. The van der Waals surface area contributed by atoms with Gasteiger partial charge >= 0.3 is 5.69 Å². The van der Waals surface area contributed by atoms with Gasteiger partial charge in [0.25, 0.3) is 0 Å². The van der Waals surface area contributed by atoms with Crippen LogP contribution in [0.1, 0.15) is 13.8 Å². The zero-order valence-corrected chi connectivity index (χ0v) is 10.5. The smallest absolute Gasteiger partial charge is 0.342 e. The fourth-order valence-electron chi connectivity index (χ4n) is 1.89. The third-order valence-corrected chi connectivity index (χ3v) is 2.94. The second-order valence-electron chi connectivity index (χ2n) is 3.95. The Morgan fingerprint density at radius 3 is 2.78 bits per heavy atom. The number of carbonyl (C=O) groups excluding carboxylic acids is 1. The first-order valence-electron chi connectivity index (χ1n) is 5.98. The summed E-state index contributed by atoms with van der Waals surface area (Å²) in [4.78, 5) is 25.6. The second-order valence-corrected chi connectivity index (χ2v) is 3.95. The highest BCUT2D eigenvalue weighted by molar-refractivity contribution is 5.75. The highest BCUT2D eigenvalue weighted by Gasteiger charge is 2.12. The van der Waals surface area contributed by atoms with E-state index >= 15 is 0 Å². The molecule has 0 bridgehead atoms. The van der Waals surface area contributed by atoms with E-state index in [4.69, 9.17) is 0 Å².